The van der Waals surface area contributed by atoms with E-state index < -0.39 is 17.6 Å². The molecule has 4 aromatic carbocycles. The molecule has 0 bridgehead atoms. The Bertz CT molecular complexity index is 1730. The first-order valence-corrected chi connectivity index (χ1v) is 17.0. The molecule has 0 fully saturated rings. The average Bonchev–Trinajstić information content (AvgIpc) is 3.09. The molecule has 0 spiro atoms. The van der Waals surface area contributed by atoms with Crippen molar-refractivity contribution in [1.82, 2.24) is 15.1 Å². The van der Waals surface area contributed by atoms with E-state index in [-0.39, 0.29) is 36.4 Å². The number of likely N-dealkylation sites (N-methyl/N-ethyl adjacent to an activating group) is 2. The van der Waals surface area contributed by atoms with Gasteiger partial charge < -0.3 is 20.9 Å². The van der Waals surface area contributed by atoms with Crippen molar-refractivity contribution < 1.29 is 18.8 Å². The van der Waals surface area contributed by atoms with E-state index in [0.717, 1.165) is 27.8 Å². The summed E-state index contributed by atoms with van der Waals surface area (Å²) in [5.41, 5.74) is 11.3. The first-order valence-electron chi connectivity index (χ1n) is 17.0. The lowest BCUT2D eigenvalue weighted by molar-refractivity contribution is -0.146. The van der Waals surface area contributed by atoms with Crippen LogP contribution in [0.15, 0.2) is 121 Å². The Balaban J connectivity index is 1.63. The van der Waals surface area contributed by atoms with Gasteiger partial charge in [0, 0.05) is 45.1 Å². The Morgan fingerprint density at radius 3 is 1.84 bits per heavy atom. The fourth-order valence-corrected chi connectivity index (χ4v) is 6.04. The topological polar surface area (TPSA) is 95.7 Å². The van der Waals surface area contributed by atoms with Gasteiger partial charge in [0.2, 0.25) is 17.7 Å². The molecule has 0 heterocycles. The fourth-order valence-electron chi connectivity index (χ4n) is 6.04. The van der Waals surface area contributed by atoms with Gasteiger partial charge in [-0.15, -0.1) is 0 Å². The number of carbonyl (C=O) groups is 3. The minimum atomic E-state index is -0.919. The molecule has 0 aliphatic rings. The first kappa shape index (κ1) is 37.7. The molecule has 0 aliphatic heterocycles. The molecule has 8 heteroatoms. The second-order valence-electron chi connectivity index (χ2n) is 13.7. The van der Waals surface area contributed by atoms with E-state index >= 15 is 0 Å². The maximum atomic E-state index is 14.5. The highest BCUT2D eigenvalue weighted by molar-refractivity contribution is 5.95. The monoisotopic (exact) mass is 676 g/mol. The Morgan fingerprint density at radius 1 is 0.740 bits per heavy atom. The second kappa shape index (κ2) is 17.5. The van der Waals surface area contributed by atoms with E-state index in [4.69, 9.17) is 5.73 Å². The van der Waals surface area contributed by atoms with Gasteiger partial charge in [-0.05, 0) is 73.6 Å². The molecule has 0 unspecified atom stereocenters. The molecule has 3 amide bonds. The normalized spacial score (nSPS) is 12.9. The molecule has 3 N–H and O–H groups in total. The molecule has 4 rings (SSSR count). The van der Waals surface area contributed by atoms with Crippen molar-refractivity contribution in [3.63, 3.8) is 0 Å². The van der Waals surface area contributed by atoms with Crippen LogP contribution in [-0.4, -0.2) is 65.8 Å². The highest BCUT2D eigenvalue weighted by atomic mass is 19.1. The first-order chi connectivity index (χ1) is 23.8. The fraction of sp³-hybridized carbons (Fsp3) is 0.310. The summed E-state index contributed by atoms with van der Waals surface area (Å²) in [5, 5.41) is 3.00. The molecular formula is C42H49FN4O3. The van der Waals surface area contributed by atoms with Crippen LogP contribution in [0.1, 0.15) is 43.9 Å². The number of benzene rings is 4. The van der Waals surface area contributed by atoms with Gasteiger partial charge in [0.25, 0.3) is 0 Å². The SMILES string of the molecule is CC(=CC(=O)N(C)[C@H](Cc1ccc(-c2ccccc2)cc1)C(=O)N(C)[C@H](Cc1ccc(F)cc1)C(=O)NCCc1ccccc1)CC(C)(C)N. The summed E-state index contributed by atoms with van der Waals surface area (Å²) in [6.07, 6.45) is 3.06. The number of nitrogens with two attached hydrogens (primary N) is 1. The van der Waals surface area contributed by atoms with E-state index in [9.17, 15) is 18.8 Å². The zero-order valence-electron chi connectivity index (χ0n) is 29.7. The van der Waals surface area contributed by atoms with Gasteiger partial charge in [0.1, 0.15) is 17.9 Å². The summed E-state index contributed by atoms with van der Waals surface area (Å²) >= 11 is 0. The summed E-state index contributed by atoms with van der Waals surface area (Å²) in [5.74, 6) is -1.44. The van der Waals surface area contributed by atoms with Gasteiger partial charge in [-0.3, -0.25) is 14.4 Å². The number of amides is 3. The van der Waals surface area contributed by atoms with Crippen molar-refractivity contribution in [2.24, 2.45) is 5.73 Å². The summed E-state index contributed by atoms with van der Waals surface area (Å²) < 4.78 is 13.8. The van der Waals surface area contributed by atoms with E-state index in [1.54, 1.807) is 26.2 Å². The third kappa shape index (κ3) is 11.2. The Kier molecular flexibility index (Phi) is 13.2. The lowest BCUT2D eigenvalue weighted by Gasteiger charge is -2.34. The predicted octanol–water partition coefficient (Wildman–Crippen LogP) is 6.36. The van der Waals surface area contributed by atoms with Crippen LogP contribution in [0.2, 0.25) is 0 Å². The van der Waals surface area contributed by atoms with Gasteiger partial charge in [-0.25, -0.2) is 4.39 Å². The van der Waals surface area contributed by atoms with Crippen LogP contribution in [0, 0.1) is 5.82 Å². The van der Waals surface area contributed by atoms with Gasteiger partial charge in [-0.2, -0.15) is 0 Å². The third-order valence-corrected chi connectivity index (χ3v) is 8.71. The summed E-state index contributed by atoms with van der Waals surface area (Å²) in [7, 11) is 3.21. The molecule has 0 saturated heterocycles. The molecule has 7 nitrogen and oxygen atoms in total. The van der Waals surface area contributed by atoms with Gasteiger partial charge in [-0.1, -0.05) is 103 Å². The standard InChI is InChI=1S/C42H49FN4O3/c1-30(29-42(2,3)44)26-39(48)46(4)38(28-32-16-20-35(21-17-32)34-14-10-7-11-15-34)41(50)47(5)37(27-33-18-22-36(43)23-19-33)40(49)45-25-24-31-12-8-6-9-13-31/h6-23,26,37-38H,24-25,27-29,44H2,1-5H3,(H,45,49)/t37-,38-/m1/s1. The number of nitrogens with zero attached hydrogens (tertiary/aromatic N) is 2. The lowest BCUT2D eigenvalue weighted by Crippen LogP contribution is -2.56. The number of rotatable bonds is 15. The Labute approximate surface area is 296 Å². The van der Waals surface area contributed by atoms with Crippen molar-refractivity contribution in [2.45, 2.75) is 64.1 Å². The van der Waals surface area contributed by atoms with E-state index in [0.29, 0.717) is 24.9 Å². The van der Waals surface area contributed by atoms with Crippen molar-refractivity contribution in [1.29, 1.82) is 0 Å². The van der Waals surface area contributed by atoms with E-state index in [1.807, 2.05) is 106 Å². The average molecular weight is 677 g/mol. The largest absolute Gasteiger partial charge is 0.354 e. The Morgan fingerprint density at radius 2 is 1.26 bits per heavy atom. The zero-order valence-corrected chi connectivity index (χ0v) is 29.7. The molecule has 4 aromatic rings. The van der Waals surface area contributed by atoms with Crippen molar-refractivity contribution in [2.75, 3.05) is 20.6 Å². The molecule has 262 valence electrons. The van der Waals surface area contributed by atoms with Crippen LogP contribution in [-0.2, 0) is 33.6 Å². The summed E-state index contributed by atoms with van der Waals surface area (Å²) in [4.78, 5) is 44.9. The van der Waals surface area contributed by atoms with E-state index in [1.165, 1.54) is 28.0 Å². The maximum absolute atomic E-state index is 14.5. The van der Waals surface area contributed by atoms with Crippen molar-refractivity contribution >= 4 is 17.7 Å². The highest BCUT2D eigenvalue weighted by Gasteiger charge is 2.35. The number of carbonyl (C=O) groups excluding carboxylic acids is 3. The zero-order chi connectivity index (χ0) is 36.3. The summed E-state index contributed by atoms with van der Waals surface area (Å²) in [6.45, 7) is 6.02. The summed E-state index contributed by atoms with van der Waals surface area (Å²) in [6, 6.07) is 31.8. The van der Waals surface area contributed by atoms with Crippen LogP contribution < -0.4 is 11.1 Å². The van der Waals surface area contributed by atoms with Gasteiger partial charge in [0.15, 0.2) is 0 Å². The quantitative estimate of drug-likeness (QED) is 0.143. The number of hydrogen-bond donors (Lipinski definition) is 2. The minimum absolute atomic E-state index is 0.167. The molecule has 50 heavy (non-hydrogen) atoms. The smallest absolute Gasteiger partial charge is 0.246 e. The molecule has 0 aliphatic carbocycles. The van der Waals surface area contributed by atoms with Crippen LogP contribution in [0.4, 0.5) is 4.39 Å². The van der Waals surface area contributed by atoms with Crippen LogP contribution in [0.3, 0.4) is 0 Å². The number of halogens is 1. The predicted molar refractivity (Wildman–Crippen MR) is 199 cm³/mol. The lowest BCUT2D eigenvalue weighted by atomic mass is 9.96. The molecule has 2 atom stereocenters. The minimum Gasteiger partial charge on any atom is -0.354 e. The molecular weight excluding hydrogens is 627 g/mol. The third-order valence-electron chi connectivity index (χ3n) is 8.71. The molecule has 0 radical (unpaired) electrons. The van der Waals surface area contributed by atoms with Crippen LogP contribution in [0.5, 0.6) is 0 Å². The maximum Gasteiger partial charge on any atom is 0.246 e. The number of nitrogens with one attached hydrogen (secondary N) is 1. The van der Waals surface area contributed by atoms with Gasteiger partial charge in [0.05, 0.1) is 0 Å². The second-order valence-corrected chi connectivity index (χ2v) is 13.7. The highest BCUT2D eigenvalue weighted by Crippen LogP contribution is 2.22. The van der Waals surface area contributed by atoms with E-state index in [2.05, 4.69) is 5.32 Å². The molecule has 0 saturated carbocycles. The van der Waals surface area contributed by atoms with Crippen molar-refractivity contribution in [3.8, 4) is 11.1 Å². The molecule has 0 aromatic heterocycles. The Hall–Kier alpha value is -5.08. The van der Waals surface area contributed by atoms with Crippen LogP contribution >= 0.6 is 0 Å². The number of hydrogen-bond acceptors (Lipinski definition) is 4. The van der Waals surface area contributed by atoms with Gasteiger partial charge >= 0.3 is 0 Å². The van der Waals surface area contributed by atoms with Crippen LogP contribution in [0.25, 0.3) is 11.1 Å². The van der Waals surface area contributed by atoms with Crippen molar-refractivity contribution in [3.05, 3.63) is 143 Å².